The molecule has 5 atom stereocenters. The summed E-state index contributed by atoms with van der Waals surface area (Å²) in [7, 11) is 4.15. The Morgan fingerprint density at radius 1 is 1.27 bits per heavy atom. The topological polar surface area (TPSA) is 42.4 Å². The van der Waals surface area contributed by atoms with Gasteiger partial charge in [-0.3, -0.25) is 9.78 Å². The first-order chi connectivity index (χ1) is 14.5. The Hall–Kier alpha value is -2.20. The highest BCUT2D eigenvalue weighted by molar-refractivity contribution is 6.00. The molecular weight excluding hydrogens is 372 g/mol. The minimum atomic E-state index is 0.0447. The van der Waals surface area contributed by atoms with Gasteiger partial charge in [-0.2, -0.15) is 0 Å². The van der Waals surface area contributed by atoms with E-state index in [9.17, 15) is 4.79 Å². The molecule has 158 valence electrons. The van der Waals surface area contributed by atoms with Gasteiger partial charge in [-0.1, -0.05) is 31.6 Å². The number of Topliss-reactive ketones (excluding diaryl/α,β-unsaturated/α-hetero) is 1. The third-order valence-corrected chi connectivity index (χ3v) is 7.73. The van der Waals surface area contributed by atoms with Gasteiger partial charge in [0.25, 0.3) is 0 Å². The third kappa shape index (κ3) is 3.26. The van der Waals surface area contributed by atoms with Crippen LogP contribution in [0.5, 0.6) is 0 Å². The number of hydrogen-bond acceptors (Lipinski definition) is 4. The fourth-order valence-corrected chi connectivity index (χ4v) is 6.34. The Morgan fingerprint density at radius 3 is 2.90 bits per heavy atom. The maximum atomic E-state index is 12.8. The number of fused-ring (bicyclic) bond motifs is 3. The molecule has 0 spiro atoms. The summed E-state index contributed by atoms with van der Waals surface area (Å²) < 4.78 is 6.70. The van der Waals surface area contributed by atoms with Crippen LogP contribution in [0.3, 0.4) is 0 Å². The molecule has 0 aromatic carbocycles. The van der Waals surface area contributed by atoms with Gasteiger partial charge in [0.15, 0.2) is 5.78 Å². The van der Waals surface area contributed by atoms with E-state index in [4.69, 9.17) is 4.74 Å². The average molecular weight is 405 g/mol. The van der Waals surface area contributed by atoms with Crippen molar-refractivity contribution in [2.75, 3.05) is 20.6 Å². The van der Waals surface area contributed by atoms with E-state index in [1.54, 1.807) is 0 Å². The van der Waals surface area contributed by atoms with Crippen molar-refractivity contribution >= 4 is 5.78 Å². The van der Waals surface area contributed by atoms with Crippen molar-refractivity contribution in [1.29, 1.82) is 0 Å². The minimum Gasteiger partial charge on any atom is -0.489 e. The van der Waals surface area contributed by atoms with Gasteiger partial charge in [-0.25, -0.2) is 0 Å². The second-order valence-electron chi connectivity index (χ2n) is 10.1. The summed E-state index contributed by atoms with van der Waals surface area (Å²) in [5, 5.41) is 0. The number of pyridine rings is 1. The summed E-state index contributed by atoms with van der Waals surface area (Å²) in [5.74, 6) is 2.41. The van der Waals surface area contributed by atoms with Crippen molar-refractivity contribution in [3.63, 3.8) is 0 Å². The molecule has 4 nitrogen and oxygen atoms in total. The normalized spacial score (nSPS) is 35.3. The highest BCUT2D eigenvalue weighted by Gasteiger charge is 2.51. The number of carbonyl (C=O) groups excluding carboxylic acids is 1. The van der Waals surface area contributed by atoms with E-state index in [1.807, 2.05) is 18.5 Å². The lowest BCUT2D eigenvalue weighted by atomic mass is 9.55. The van der Waals surface area contributed by atoms with Gasteiger partial charge in [0, 0.05) is 37.7 Å². The van der Waals surface area contributed by atoms with Gasteiger partial charge in [-0.05, 0) is 67.5 Å². The number of ether oxygens (including phenoxy) is 1. The first-order valence-electron chi connectivity index (χ1n) is 11.3. The molecule has 30 heavy (non-hydrogen) atoms. The van der Waals surface area contributed by atoms with E-state index in [0.717, 1.165) is 30.7 Å². The molecule has 0 N–H and O–H groups in total. The zero-order chi connectivity index (χ0) is 20.9. The summed E-state index contributed by atoms with van der Waals surface area (Å²) >= 11 is 0. The van der Waals surface area contributed by atoms with Crippen LogP contribution in [0.1, 0.15) is 50.5 Å². The van der Waals surface area contributed by atoms with E-state index in [2.05, 4.69) is 55.2 Å². The molecule has 1 aliphatic heterocycles. The Bertz CT molecular complexity index is 930. The molecule has 0 bridgehead atoms. The summed E-state index contributed by atoms with van der Waals surface area (Å²) in [6, 6.07) is 4.27. The molecule has 0 radical (unpaired) electrons. The molecule has 0 amide bonds. The predicted octanol–water partition coefficient (Wildman–Crippen LogP) is 4.66. The highest BCUT2D eigenvalue weighted by atomic mass is 16.5. The fraction of sp³-hybridized carbons (Fsp3) is 0.538. The number of allylic oxidation sites excluding steroid dienone is 4. The lowest BCUT2D eigenvalue weighted by molar-refractivity contribution is -0.117. The highest BCUT2D eigenvalue weighted by Crippen LogP contribution is 2.57. The molecule has 1 aromatic rings. The molecule has 1 aromatic heterocycles. The van der Waals surface area contributed by atoms with Gasteiger partial charge in [0.05, 0.1) is 5.57 Å². The SMILES string of the molecule is CN(C)CC1CC(=O)C2=C(C1)O[C@@H]1C(=C2)C=C[C@@]2(C)C1CCC[C@@H]2c1cccnc1. The Kier molecular flexibility index (Phi) is 4.93. The van der Waals surface area contributed by atoms with Gasteiger partial charge in [0.1, 0.15) is 11.9 Å². The van der Waals surface area contributed by atoms with Crippen molar-refractivity contribution in [2.45, 2.75) is 51.0 Å². The van der Waals surface area contributed by atoms with Crippen molar-refractivity contribution in [3.05, 3.63) is 65.2 Å². The molecule has 0 saturated heterocycles. The van der Waals surface area contributed by atoms with Crippen molar-refractivity contribution in [2.24, 2.45) is 17.3 Å². The first-order valence-corrected chi connectivity index (χ1v) is 11.3. The van der Waals surface area contributed by atoms with Gasteiger partial charge >= 0.3 is 0 Å². The number of ketones is 1. The third-order valence-electron chi connectivity index (χ3n) is 7.73. The van der Waals surface area contributed by atoms with Crippen LogP contribution in [-0.2, 0) is 9.53 Å². The van der Waals surface area contributed by atoms with E-state index in [0.29, 0.717) is 24.2 Å². The van der Waals surface area contributed by atoms with Crippen LogP contribution >= 0.6 is 0 Å². The molecule has 4 aliphatic rings. The minimum absolute atomic E-state index is 0.0447. The lowest BCUT2D eigenvalue weighted by Crippen LogP contribution is -2.47. The van der Waals surface area contributed by atoms with Gasteiger partial charge in [-0.15, -0.1) is 0 Å². The predicted molar refractivity (Wildman–Crippen MR) is 118 cm³/mol. The summed E-state index contributed by atoms with van der Waals surface area (Å²) in [6.45, 7) is 3.33. The maximum Gasteiger partial charge on any atom is 0.166 e. The fourth-order valence-electron chi connectivity index (χ4n) is 6.34. The zero-order valence-corrected chi connectivity index (χ0v) is 18.3. The van der Waals surface area contributed by atoms with Crippen LogP contribution in [0.25, 0.3) is 0 Å². The smallest absolute Gasteiger partial charge is 0.166 e. The van der Waals surface area contributed by atoms with Gasteiger partial charge < -0.3 is 9.64 Å². The molecule has 1 fully saturated rings. The van der Waals surface area contributed by atoms with E-state index in [-0.39, 0.29) is 17.3 Å². The second kappa shape index (κ2) is 7.49. The van der Waals surface area contributed by atoms with Crippen LogP contribution in [-0.4, -0.2) is 42.4 Å². The van der Waals surface area contributed by atoms with E-state index < -0.39 is 0 Å². The number of nitrogens with zero attached hydrogens (tertiary/aromatic N) is 2. The van der Waals surface area contributed by atoms with E-state index >= 15 is 0 Å². The number of aromatic nitrogens is 1. The van der Waals surface area contributed by atoms with Gasteiger partial charge in [0.2, 0.25) is 0 Å². The lowest BCUT2D eigenvalue weighted by Gasteiger charge is -2.52. The second-order valence-corrected chi connectivity index (χ2v) is 10.1. The van der Waals surface area contributed by atoms with Crippen molar-refractivity contribution in [1.82, 2.24) is 9.88 Å². The molecule has 4 heteroatoms. The summed E-state index contributed by atoms with van der Waals surface area (Å²) in [4.78, 5) is 19.4. The average Bonchev–Trinajstić information content (AvgIpc) is 2.72. The zero-order valence-electron chi connectivity index (χ0n) is 18.3. The van der Waals surface area contributed by atoms with Crippen molar-refractivity contribution in [3.8, 4) is 0 Å². The van der Waals surface area contributed by atoms with Crippen LogP contribution in [0.15, 0.2) is 59.7 Å². The summed E-state index contributed by atoms with van der Waals surface area (Å²) in [5.41, 5.74) is 3.38. The standard InChI is InChI=1S/C26H32N2O2/c1-26-10-9-18-14-20-23(29)12-17(16-28(2)3)13-24(20)30-25(18)22(26)8-4-7-21(26)19-6-5-11-27-15-19/h5-6,9-11,14-15,17,21-22,25H,4,7-8,12-13,16H2,1-3H3/t17?,21-,22?,25-,26-/m1/s1. The quantitative estimate of drug-likeness (QED) is 0.735. The van der Waals surface area contributed by atoms with Crippen LogP contribution in [0.2, 0.25) is 0 Å². The molecule has 5 rings (SSSR count). The Morgan fingerprint density at radius 2 is 2.13 bits per heavy atom. The van der Waals surface area contributed by atoms with Crippen LogP contribution in [0, 0.1) is 17.3 Å². The number of rotatable bonds is 3. The van der Waals surface area contributed by atoms with E-state index in [1.165, 1.54) is 24.0 Å². The first kappa shape index (κ1) is 19.7. The largest absolute Gasteiger partial charge is 0.489 e. The van der Waals surface area contributed by atoms with Crippen molar-refractivity contribution < 1.29 is 9.53 Å². The monoisotopic (exact) mass is 404 g/mol. The Balaban J connectivity index is 1.47. The summed E-state index contributed by atoms with van der Waals surface area (Å²) in [6.07, 6.45) is 15.8. The van der Waals surface area contributed by atoms with Crippen LogP contribution in [0.4, 0.5) is 0 Å². The Labute approximate surface area is 179 Å². The van der Waals surface area contributed by atoms with Crippen LogP contribution < -0.4 is 0 Å². The molecule has 3 aliphatic carbocycles. The number of carbonyl (C=O) groups is 1. The molecule has 1 saturated carbocycles. The molecule has 2 heterocycles. The molecule has 2 unspecified atom stereocenters. The number of hydrogen-bond donors (Lipinski definition) is 0. The maximum absolute atomic E-state index is 12.8. The molecular formula is C26H32N2O2.